The highest BCUT2D eigenvalue weighted by Gasteiger charge is 2.57. The molecular formula is C32H33FN6O5. The molecule has 2 aromatic carbocycles. The van der Waals surface area contributed by atoms with Crippen LogP contribution in [0.25, 0.3) is 11.1 Å². The van der Waals surface area contributed by atoms with Crippen LogP contribution in [0.2, 0.25) is 0 Å². The number of carbonyl (C=O) groups excluding carboxylic acids is 4. The molecular weight excluding hydrogens is 567 g/mol. The molecule has 0 unspecified atom stereocenters. The van der Waals surface area contributed by atoms with Crippen LogP contribution in [0.3, 0.4) is 0 Å². The smallest absolute Gasteiger partial charge is 0.325 e. The number of halogens is 1. The minimum Gasteiger partial charge on any atom is -0.388 e. The molecule has 0 bridgehead atoms. The third kappa shape index (κ3) is 4.64. The van der Waals surface area contributed by atoms with Crippen molar-refractivity contribution in [2.45, 2.75) is 68.8 Å². The van der Waals surface area contributed by atoms with Crippen molar-refractivity contribution >= 4 is 23.8 Å². The Kier molecular flexibility index (Phi) is 6.58. The molecule has 12 heteroatoms. The number of benzene rings is 2. The van der Waals surface area contributed by atoms with Crippen LogP contribution < -0.4 is 10.6 Å². The highest BCUT2D eigenvalue weighted by molar-refractivity contribution is 6.10. The Morgan fingerprint density at radius 3 is 2.64 bits per heavy atom. The van der Waals surface area contributed by atoms with Crippen LogP contribution in [0.15, 0.2) is 48.8 Å². The molecule has 3 aromatic rings. The molecule has 5 amide bonds. The number of imide groups is 1. The molecule has 2 fully saturated rings. The van der Waals surface area contributed by atoms with Crippen molar-refractivity contribution in [2.75, 3.05) is 13.6 Å². The molecule has 44 heavy (non-hydrogen) atoms. The zero-order valence-corrected chi connectivity index (χ0v) is 24.3. The van der Waals surface area contributed by atoms with Gasteiger partial charge < -0.3 is 20.6 Å². The summed E-state index contributed by atoms with van der Waals surface area (Å²) in [5.41, 5.74) is 2.61. The summed E-state index contributed by atoms with van der Waals surface area (Å²) in [4.78, 5) is 55.3. The topological polar surface area (TPSA) is 137 Å². The average Bonchev–Trinajstić information content (AvgIpc) is 3.37. The number of aliphatic hydroxyl groups is 1. The van der Waals surface area contributed by atoms with Gasteiger partial charge in [-0.3, -0.25) is 24.0 Å². The molecule has 7 rings (SSSR count). The number of likely N-dealkylation sites (N-methyl/N-ethyl adjacent to an activating group) is 1. The van der Waals surface area contributed by atoms with Crippen LogP contribution >= 0.6 is 0 Å². The Morgan fingerprint density at radius 1 is 1.05 bits per heavy atom. The van der Waals surface area contributed by atoms with Crippen LogP contribution in [-0.4, -0.2) is 73.7 Å². The molecule has 1 saturated carbocycles. The number of fused-ring (bicyclic) bond motifs is 3. The van der Waals surface area contributed by atoms with Gasteiger partial charge in [0.15, 0.2) is 0 Å². The van der Waals surface area contributed by atoms with Crippen molar-refractivity contribution in [3.8, 4) is 11.1 Å². The van der Waals surface area contributed by atoms with E-state index in [9.17, 15) is 28.7 Å². The summed E-state index contributed by atoms with van der Waals surface area (Å²) in [7, 11) is 1.57. The van der Waals surface area contributed by atoms with E-state index >= 15 is 0 Å². The first kappa shape index (κ1) is 28.2. The van der Waals surface area contributed by atoms with Crippen molar-refractivity contribution in [2.24, 2.45) is 0 Å². The maximum atomic E-state index is 14.0. The first-order chi connectivity index (χ1) is 21.1. The number of rotatable bonds is 6. The number of nitrogens with one attached hydrogen (secondary N) is 2. The second-order valence-corrected chi connectivity index (χ2v) is 12.3. The molecule has 2 aliphatic carbocycles. The molecule has 228 valence electrons. The van der Waals surface area contributed by atoms with Crippen molar-refractivity contribution in [1.29, 1.82) is 0 Å². The van der Waals surface area contributed by atoms with Crippen molar-refractivity contribution < 1.29 is 28.7 Å². The Labute approximate surface area is 253 Å². The van der Waals surface area contributed by atoms with E-state index in [2.05, 4.69) is 15.7 Å². The van der Waals surface area contributed by atoms with Gasteiger partial charge in [0, 0.05) is 25.4 Å². The summed E-state index contributed by atoms with van der Waals surface area (Å²) in [6.45, 7) is -0.183. The number of carbonyl (C=O) groups is 4. The van der Waals surface area contributed by atoms with Crippen molar-refractivity contribution in [3.63, 3.8) is 0 Å². The molecule has 1 saturated heterocycles. The molecule has 2 atom stereocenters. The monoisotopic (exact) mass is 600 g/mol. The SMILES string of the molecule is CNC(=O)Cn1cc(-c2ccc3c(c2)CC[C@]32NC(=O)N(CC(=O)N3Cc4ccc(F)cc4CC[C@H]3C3(O)CC3)C2=O)cn1. The maximum absolute atomic E-state index is 14.0. The van der Waals surface area contributed by atoms with Crippen molar-refractivity contribution in [3.05, 3.63) is 76.9 Å². The zero-order valence-electron chi connectivity index (χ0n) is 24.3. The summed E-state index contributed by atoms with van der Waals surface area (Å²) in [5.74, 6) is -1.42. The van der Waals surface area contributed by atoms with Gasteiger partial charge in [0.05, 0.1) is 17.8 Å². The lowest BCUT2D eigenvalue weighted by atomic mass is 9.90. The average molecular weight is 601 g/mol. The molecule has 3 N–H and O–H groups in total. The lowest BCUT2D eigenvalue weighted by Crippen LogP contribution is -2.51. The summed E-state index contributed by atoms with van der Waals surface area (Å²) in [6.07, 6.45) is 6.47. The zero-order chi connectivity index (χ0) is 30.8. The molecule has 3 heterocycles. The van der Waals surface area contributed by atoms with Crippen LogP contribution in [0.4, 0.5) is 9.18 Å². The van der Waals surface area contributed by atoms with Gasteiger partial charge in [-0.25, -0.2) is 9.18 Å². The maximum Gasteiger partial charge on any atom is 0.325 e. The highest BCUT2D eigenvalue weighted by Crippen LogP contribution is 2.45. The number of hydrogen-bond donors (Lipinski definition) is 3. The minimum absolute atomic E-state index is 0.0994. The van der Waals surface area contributed by atoms with Gasteiger partial charge in [0.2, 0.25) is 11.8 Å². The van der Waals surface area contributed by atoms with E-state index in [-0.39, 0.29) is 24.8 Å². The first-order valence-electron chi connectivity index (χ1n) is 14.9. The molecule has 1 aromatic heterocycles. The van der Waals surface area contributed by atoms with Gasteiger partial charge in [-0.1, -0.05) is 24.3 Å². The van der Waals surface area contributed by atoms with Gasteiger partial charge in [0.1, 0.15) is 24.4 Å². The predicted molar refractivity (Wildman–Crippen MR) is 155 cm³/mol. The number of amides is 5. The fraction of sp³-hybridized carbons (Fsp3) is 0.406. The quantitative estimate of drug-likeness (QED) is 0.371. The Morgan fingerprint density at radius 2 is 1.86 bits per heavy atom. The van der Waals surface area contributed by atoms with E-state index in [4.69, 9.17) is 0 Å². The van der Waals surface area contributed by atoms with E-state index in [1.54, 1.807) is 35.1 Å². The van der Waals surface area contributed by atoms with Gasteiger partial charge in [-0.05, 0) is 78.5 Å². The van der Waals surface area contributed by atoms with Crippen LogP contribution in [-0.2, 0) is 45.9 Å². The van der Waals surface area contributed by atoms with Crippen LogP contribution in [0.5, 0.6) is 0 Å². The minimum atomic E-state index is -1.26. The van der Waals surface area contributed by atoms with Crippen LogP contribution in [0.1, 0.15) is 47.9 Å². The molecule has 2 aliphatic heterocycles. The molecule has 0 radical (unpaired) electrons. The van der Waals surface area contributed by atoms with E-state index in [1.807, 2.05) is 18.2 Å². The third-order valence-corrected chi connectivity index (χ3v) is 9.63. The van der Waals surface area contributed by atoms with Gasteiger partial charge >= 0.3 is 6.03 Å². The second-order valence-electron chi connectivity index (χ2n) is 12.3. The normalized spacial score (nSPS) is 23.3. The Bertz CT molecular complexity index is 1720. The standard InChI is InChI=1S/C32H33FN6O5/c1-34-27(40)17-37-15-23(14-35-37)19-3-6-25-21(12-19)8-9-32(25)29(42)39(30(43)36-32)18-28(41)38-16-22-2-5-24(33)13-20(22)4-7-26(38)31(44)10-11-31/h2-3,5-6,12-15,26,44H,4,7-11,16-18H2,1H3,(H,34,40)(H,36,43)/t26-,32-/m0/s1. The van der Waals surface area contributed by atoms with E-state index in [0.29, 0.717) is 44.1 Å². The van der Waals surface area contributed by atoms with Gasteiger partial charge in [0.25, 0.3) is 5.91 Å². The summed E-state index contributed by atoms with van der Waals surface area (Å²) in [6, 6.07) is 9.02. The number of nitrogens with zero attached hydrogens (tertiary/aromatic N) is 4. The summed E-state index contributed by atoms with van der Waals surface area (Å²) in [5, 5.41) is 20.8. The summed E-state index contributed by atoms with van der Waals surface area (Å²) >= 11 is 0. The Hall–Kier alpha value is -4.58. The predicted octanol–water partition coefficient (Wildman–Crippen LogP) is 2.00. The number of aromatic nitrogens is 2. The third-order valence-electron chi connectivity index (χ3n) is 9.63. The fourth-order valence-corrected chi connectivity index (χ4v) is 7.03. The lowest BCUT2D eigenvalue weighted by molar-refractivity contribution is -0.143. The second kappa shape index (κ2) is 10.3. The fourth-order valence-electron chi connectivity index (χ4n) is 7.03. The molecule has 4 aliphatic rings. The lowest BCUT2D eigenvalue weighted by Gasteiger charge is -2.34. The van der Waals surface area contributed by atoms with Crippen LogP contribution in [0, 0.1) is 5.82 Å². The van der Waals surface area contributed by atoms with Crippen molar-refractivity contribution in [1.82, 2.24) is 30.2 Å². The highest BCUT2D eigenvalue weighted by atomic mass is 19.1. The largest absolute Gasteiger partial charge is 0.388 e. The van der Waals surface area contributed by atoms with E-state index < -0.39 is 41.6 Å². The van der Waals surface area contributed by atoms with E-state index in [1.165, 1.54) is 12.1 Å². The first-order valence-corrected chi connectivity index (χ1v) is 14.9. The number of urea groups is 1. The molecule has 11 nitrogen and oxygen atoms in total. The van der Waals surface area contributed by atoms with Gasteiger partial charge in [-0.15, -0.1) is 0 Å². The number of aryl methyl sites for hydroxylation is 2. The van der Waals surface area contributed by atoms with Gasteiger partial charge in [-0.2, -0.15) is 5.10 Å². The number of hydrogen-bond acceptors (Lipinski definition) is 6. The molecule has 1 spiro atoms. The summed E-state index contributed by atoms with van der Waals surface area (Å²) < 4.78 is 15.5. The van der Waals surface area contributed by atoms with E-state index in [0.717, 1.165) is 32.7 Å². The Balaban J connectivity index is 1.11.